The first-order chi connectivity index (χ1) is 6.99. The molecule has 1 aliphatic carbocycles. The molecule has 3 heteroatoms. The number of aliphatic carboxylic acids is 1. The van der Waals surface area contributed by atoms with Crippen molar-refractivity contribution in [3.8, 4) is 0 Å². The monoisotopic (exact) mass is 213 g/mol. The highest BCUT2D eigenvalue weighted by Gasteiger charge is 2.45. The summed E-state index contributed by atoms with van der Waals surface area (Å²) in [6.07, 6.45) is 4.90. The molecule has 0 spiro atoms. The summed E-state index contributed by atoms with van der Waals surface area (Å²) in [4.78, 5) is 13.0. The Morgan fingerprint density at radius 1 is 1.53 bits per heavy atom. The second-order valence-corrected chi connectivity index (χ2v) is 5.12. The van der Waals surface area contributed by atoms with Gasteiger partial charge in [0.2, 0.25) is 0 Å². The van der Waals surface area contributed by atoms with Gasteiger partial charge in [0, 0.05) is 12.6 Å². The van der Waals surface area contributed by atoms with Crippen molar-refractivity contribution in [1.82, 2.24) is 4.90 Å². The van der Waals surface area contributed by atoms with Gasteiger partial charge in [-0.05, 0) is 38.6 Å². The zero-order valence-corrected chi connectivity index (χ0v) is 10.1. The van der Waals surface area contributed by atoms with Gasteiger partial charge in [0.25, 0.3) is 0 Å². The van der Waals surface area contributed by atoms with Crippen LogP contribution in [-0.2, 0) is 4.79 Å². The Morgan fingerprint density at radius 2 is 2.13 bits per heavy atom. The largest absolute Gasteiger partial charge is 0.481 e. The van der Waals surface area contributed by atoms with Crippen molar-refractivity contribution >= 4 is 5.97 Å². The van der Waals surface area contributed by atoms with Gasteiger partial charge in [-0.1, -0.05) is 13.3 Å². The van der Waals surface area contributed by atoms with Crippen LogP contribution in [0.2, 0.25) is 0 Å². The molecule has 1 unspecified atom stereocenters. The first-order valence-electron chi connectivity index (χ1n) is 5.91. The van der Waals surface area contributed by atoms with E-state index in [4.69, 9.17) is 5.11 Å². The molecule has 0 saturated heterocycles. The quantitative estimate of drug-likeness (QED) is 0.705. The molecule has 15 heavy (non-hydrogen) atoms. The Hall–Kier alpha value is -0.570. The average Bonchev–Trinajstić information content (AvgIpc) is 2.83. The minimum atomic E-state index is -0.649. The Bertz CT molecular complexity index is 224. The van der Waals surface area contributed by atoms with Gasteiger partial charge in [-0.25, -0.2) is 0 Å². The zero-order chi connectivity index (χ0) is 11.5. The fraction of sp³-hybridized carbons (Fsp3) is 0.917. The number of nitrogens with zero attached hydrogens (tertiary/aromatic N) is 1. The lowest BCUT2D eigenvalue weighted by atomic mass is 10.0. The first-order valence-corrected chi connectivity index (χ1v) is 5.91. The van der Waals surface area contributed by atoms with E-state index >= 15 is 0 Å². The molecular weight excluding hydrogens is 190 g/mol. The Morgan fingerprint density at radius 3 is 2.53 bits per heavy atom. The molecule has 1 N–H and O–H groups in total. The molecule has 1 rings (SSSR count). The molecular formula is C12H23NO2. The van der Waals surface area contributed by atoms with E-state index in [-0.39, 0.29) is 5.41 Å². The standard InChI is InChI=1S/C12H23NO2/c1-4-5-10(2)13(3)9-12(6-7-12)8-11(14)15/h10H,4-9H2,1-3H3,(H,14,15). The van der Waals surface area contributed by atoms with Crippen molar-refractivity contribution in [3.63, 3.8) is 0 Å². The summed E-state index contributed by atoms with van der Waals surface area (Å²) >= 11 is 0. The number of carboxylic acid groups (broad SMARTS) is 1. The van der Waals surface area contributed by atoms with Crippen LogP contribution >= 0.6 is 0 Å². The van der Waals surface area contributed by atoms with Gasteiger partial charge in [-0.15, -0.1) is 0 Å². The Kier molecular flexibility index (Phi) is 4.14. The highest BCUT2D eigenvalue weighted by Crippen LogP contribution is 2.49. The minimum Gasteiger partial charge on any atom is -0.481 e. The fourth-order valence-electron chi connectivity index (χ4n) is 2.21. The van der Waals surface area contributed by atoms with Gasteiger partial charge in [-0.2, -0.15) is 0 Å². The molecule has 1 aliphatic rings. The van der Waals surface area contributed by atoms with E-state index in [1.807, 2.05) is 0 Å². The van der Waals surface area contributed by atoms with E-state index < -0.39 is 5.97 Å². The van der Waals surface area contributed by atoms with E-state index in [9.17, 15) is 4.79 Å². The molecule has 0 aliphatic heterocycles. The predicted octanol–water partition coefficient (Wildman–Crippen LogP) is 2.36. The summed E-state index contributed by atoms with van der Waals surface area (Å²) < 4.78 is 0. The number of hydrogen-bond acceptors (Lipinski definition) is 2. The van der Waals surface area contributed by atoms with Crippen LogP contribution in [0, 0.1) is 5.41 Å². The lowest BCUT2D eigenvalue weighted by molar-refractivity contribution is -0.138. The summed E-state index contributed by atoms with van der Waals surface area (Å²) in [7, 11) is 2.11. The van der Waals surface area contributed by atoms with E-state index in [0.717, 1.165) is 19.4 Å². The minimum absolute atomic E-state index is 0.0998. The molecule has 0 aromatic carbocycles. The molecule has 0 amide bonds. The van der Waals surface area contributed by atoms with Crippen LogP contribution in [0.25, 0.3) is 0 Å². The molecule has 0 heterocycles. The van der Waals surface area contributed by atoms with E-state index in [2.05, 4.69) is 25.8 Å². The van der Waals surface area contributed by atoms with Crippen molar-refractivity contribution in [1.29, 1.82) is 0 Å². The van der Waals surface area contributed by atoms with Gasteiger partial charge >= 0.3 is 5.97 Å². The second-order valence-electron chi connectivity index (χ2n) is 5.12. The van der Waals surface area contributed by atoms with E-state index in [1.165, 1.54) is 12.8 Å². The Labute approximate surface area is 92.5 Å². The number of rotatable bonds is 7. The maximum Gasteiger partial charge on any atom is 0.303 e. The third-order valence-corrected chi connectivity index (χ3v) is 3.53. The van der Waals surface area contributed by atoms with Crippen molar-refractivity contribution < 1.29 is 9.90 Å². The van der Waals surface area contributed by atoms with Crippen LogP contribution in [0.5, 0.6) is 0 Å². The van der Waals surface area contributed by atoms with Crippen LogP contribution in [0.4, 0.5) is 0 Å². The smallest absolute Gasteiger partial charge is 0.303 e. The third kappa shape index (κ3) is 3.82. The molecule has 1 saturated carbocycles. The summed E-state index contributed by atoms with van der Waals surface area (Å²) in [6.45, 7) is 5.36. The Balaban J connectivity index is 2.36. The molecule has 1 atom stereocenters. The molecule has 0 radical (unpaired) electrons. The molecule has 0 aromatic heterocycles. The van der Waals surface area contributed by atoms with Crippen LogP contribution < -0.4 is 0 Å². The maximum absolute atomic E-state index is 10.7. The van der Waals surface area contributed by atoms with Crippen molar-refractivity contribution in [3.05, 3.63) is 0 Å². The van der Waals surface area contributed by atoms with Crippen LogP contribution in [0.3, 0.4) is 0 Å². The number of hydrogen-bond donors (Lipinski definition) is 1. The lowest BCUT2D eigenvalue weighted by Crippen LogP contribution is -2.35. The van der Waals surface area contributed by atoms with Gasteiger partial charge in [-0.3, -0.25) is 4.79 Å². The number of carbonyl (C=O) groups is 1. The van der Waals surface area contributed by atoms with Gasteiger partial charge in [0.05, 0.1) is 6.42 Å². The van der Waals surface area contributed by atoms with E-state index in [1.54, 1.807) is 0 Å². The second kappa shape index (κ2) is 4.97. The summed E-state index contributed by atoms with van der Waals surface area (Å²) in [5.74, 6) is -0.649. The highest BCUT2D eigenvalue weighted by molar-refractivity contribution is 5.68. The van der Waals surface area contributed by atoms with Crippen molar-refractivity contribution in [2.45, 2.75) is 52.0 Å². The third-order valence-electron chi connectivity index (χ3n) is 3.53. The molecule has 0 bridgehead atoms. The molecule has 0 aromatic rings. The first kappa shape index (κ1) is 12.5. The van der Waals surface area contributed by atoms with Crippen LogP contribution in [0.1, 0.15) is 46.0 Å². The van der Waals surface area contributed by atoms with Gasteiger partial charge in [0.15, 0.2) is 0 Å². The van der Waals surface area contributed by atoms with E-state index in [0.29, 0.717) is 12.5 Å². The van der Waals surface area contributed by atoms with Crippen LogP contribution in [-0.4, -0.2) is 35.6 Å². The van der Waals surface area contributed by atoms with Gasteiger partial charge < -0.3 is 10.0 Å². The summed E-state index contributed by atoms with van der Waals surface area (Å²) in [6, 6.07) is 0.571. The normalized spacial score (nSPS) is 20.3. The van der Waals surface area contributed by atoms with Crippen LogP contribution in [0.15, 0.2) is 0 Å². The topological polar surface area (TPSA) is 40.5 Å². The van der Waals surface area contributed by atoms with Gasteiger partial charge in [0.1, 0.15) is 0 Å². The fourth-order valence-corrected chi connectivity index (χ4v) is 2.21. The zero-order valence-electron chi connectivity index (χ0n) is 10.1. The maximum atomic E-state index is 10.7. The average molecular weight is 213 g/mol. The highest BCUT2D eigenvalue weighted by atomic mass is 16.4. The molecule has 1 fully saturated rings. The number of carboxylic acids is 1. The summed E-state index contributed by atoms with van der Waals surface area (Å²) in [5, 5.41) is 8.83. The van der Waals surface area contributed by atoms with Crippen molar-refractivity contribution in [2.24, 2.45) is 5.41 Å². The summed E-state index contributed by atoms with van der Waals surface area (Å²) in [5.41, 5.74) is 0.0998. The molecule has 88 valence electrons. The van der Waals surface area contributed by atoms with Crippen molar-refractivity contribution in [2.75, 3.05) is 13.6 Å². The molecule has 3 nitrogen and oxygen atoms in total. The SMILES string of the molecule is CCCC(C)N(C)CC1(CC(=O)O)CC1. The predicted molar refractivity (Wildman–Crippen MR) is 60.9 cm³/mol. The lowest BCUT2D eigenvalue weighted by Gasteiger charge is -2.28.